The molecule has 100 valence electrons. The summed E-state index contributed by atoms with van der Waals surface area (Å²) in [5, 5.41) is 0.655. The minimum atomic E-state index is 0.435. The molecule has 3 rings (SSSR count). The van der Waals surface area contributed by atoms with Crippen molar-refractivity contribution in [1.82, 2.24) is 9.88 Å². The minimum absolute atomic E-state index is 0.435. The van der Waals surface area contributed by atoms with Gasteiger partial charge in [-0.2, -0.15) is 0 Å². The molecule has 1 aliphatic heterocycles. The Labute approximate surface area is 125 Å². The molecule has 3 nitrogen and oxygen atoms in total. The third kappa shape index (κ3) is 2.55. The molecule has 1 aliphatic rings. The molecule has 0 saturated heterocycles. The Kier molecular flexibility index (Phi) is 3.60. The molecule has 0 amide bonds. The predicted octanol–water partition coefficient (Wildman–Crippen LogP) is 3.61. The molecular weight excluding hydrogens is 322 g/mol. The van der Waals surface area contributed by atoms with Crippen molar-refractivity contribution in [2.24, 2.45) is 0 Å². The van der Waals surface area contributed by atoms with E-state index in [1.165, 1.54) is 20.5 Å². The van der Waals surface area contributed by atoms with Crippen LogP contribution in [0.15, 0.2) is 28.9 Å². The van der Waals surface area contributed by atoms with E-state index in [0.29, 0.717) is 11.2 Å². The van der Waals surface area contributed by atoms with Gasteiger partial charge in [0.05, 0.1) is 0 Å². The quantitative estimate of drug-likeness (QED) is 0.910. The summed E-state index contributed by atoms with van der Waals surface area (Å²) in [6, 6.07) is 6.92. The highest BCUT2D eigenvalue weighted by Crippen LogP contribution is 2.34. The summed E-state index contributed by atoms with van der Waals surface area (Å²) < 4.78 is 1.23. The van der Waals surface area contributed by atoms with Crippen LogP contribution in [0.1, 0.15) is 29.0 Å². The Morgan fingerprint density at radius 1 is 1.53 bits per heavy atom. The third-order valence-electron chi connectivity index (χ3n) is 3.73. The Morgan fingerprint density at radius 3 is 3.11 bits per heavy atom. The van der Waals surface area contributed by atoms with E-state index >= 15 is 0 Å². The van der Waals surface area contributed by atoms with Crippen molar-refractivity contribution in [2.75, 3.05) is 12.3 Å². The van der Waals surface area contributed by atoms with E-state index in [-0.39, 0.29) is 0 Å². The third-order valence-corrected chi connectivity index (χ3v) is 5.29. The Morgan fingerprint density at radius 2 is 2.37 bits per heavy atom. The van der Waals surface area contributed by atoms with Crippen LogP contribution < -0.4 is 5.73 Å². The second kappa shape index (κ2) is 5.23. The van der Waals surface area contributed by atoms with Crippen molar-refractivity contribution in [3.8, 4) is 0 Å². The van der Waals surface area contributed by atoms with Crippen LogP contribution in [0.3, 0.4) is 0 Å². The first-order valence-corrected chi connectivity index (χ1v) is 7.97. The Hall–Kier alpha value is -0.910. The number of fused-ring (bicyclic) bond motifs is 1. The summed E-state index contributed by atoms with van der Waals surface area (Å²) >= 11 is 5.24. The standard InChI is InChI=1S/C14H16BrN3S/c1-9-11-3-2-4-13(15)12(11)5-6-18(9)8-10-7-17-14(16)19-10/h2-4,7,9H,5-6,8H2,1H3,(H2,16,17). The minimum Gasteiger partial charge on any atom is -0.375 e. The van der Waals surface area contributed by atoms with E-state index in [1.807, 2.05) is 6.20 Å². The van der Waals surface area contributed by atoms with Crippen molar-refractivity contribution in [3.63, 3.8) is 0 Å². The van der Waals surface area contributed by atoms with Gasteiger partial charge in [0.1, 0.15) is 0 Å². The molecule has 0 spiro atoms. The number of halogens is 1. The maximum Gasteiger partial charge on any atom is 0.180 e. The summed E-state index contributed by atoms with van der Waals surface area (Å²) in [4.78, 5) is 7.85. The second-order valence-corrected chi connectivity index (χ2v) is 6.87. The van der Waals surface area contributed by atoms with Crippen LogP contribution in [0.4, 0.5) is 5.13 Å². The number of benzene rings is 1. The first-order chi connectivity index (χ1) is 9.15. The fourth-order valence-electron chi connectivity index (χ4n) is 2.69. The molecule has 2 heterocycles. The predicted molar refractivity (Wildman–Crippen MR) is 83.2 cm³/mol. The number of nitrogens with two attached hydrogens (primary N) is 1. The number of nitrogen functional groups attached to an aromatic ring is 1. The summed E-state index contributed by atoms with van der Waals surface area (Å²) in [7, 11) is 0. The Balaban J connectivity index is 1.83. The van der Waals surface area contributed by atoms with Crippen LogP contribution in [0.2, 0.25) is 0 Å². The topological polar surface area (TPSA) is 42.2 Å². The van der Waals surface area contributed by atoms with E-state index in [9.17, 15) is 0 Å². The maximum absolute atomic E-state index is 5.70. The van der Waals surface area contributed by atoms with Crippen molar-refractivity contribution in [1.29, 1.82) is 0 Å². The summed E-state index contributed by atoms with van der Waals surface area (Å²) in [5.41, 5.74) is 8.58. The number of thiazole rings is 1. The van der Waals surface area contributed by atoms with Gasteiger partial charge < -0.3 is 5.73 Å². The number of anilines is 1. The zero-order valence-electron chi connectivity index (χ0n) is 10.8. The summed E-state index contributed by atoms with van der Waals surface area (Å²) in [6.45, 7) is 4.28. The number of hydrogen-bond donors (Lipinski definition) is 1. The zero-order chi connectivity index (χ0) is 13.4. The van der Waals surface area contributed by atoms with Gasteiger partial charge in [0, 0.05) is 34.7 Å². The lowest BCUT2D eigenvalue weighted by atomic mass is 9.93. The van der Waals surface area contributed by atoms with E-state index in [4.69, 9.17) is 5.73 Å². The van der Waals surface area contributed by atoms with E-state index in [1.54, 1.807) is 11.3 Å². The van der Waals surface area contributed by atoms with Crippen LogP contribution in [0.5, 0.6) is 0 Å². The molecule has 1 aromatic carbocycles. The molecule has 0 aliphatic carbocycles. The molecule has 0 saturated carbocycles. The number of aromatic nitrogens is 1. The van der Waals surface area contributed by atoms with Crippen molar-refractivity contribution in [3.05, 3.63) is 44.9 Å². The first-order valence-electron chi connectivity index (χ1n) is 6.36. The zero-order valence-corrected chi connectivity index (χ0v) is 13.2. The molecule has 0 bridgehead atoms. The SMILES string of the molecule is CC1c2cccc(Br)c2CCN1Cc1cnc(N)s1. The van der Waals surface area contributed by atoms with Crippen molar-refractivity contribution >= 4 is 32.4 Å². The number of nitrogens with zero attached hydrogens (tertiary/aromatic N) is 2. The fraction of sp³-hybridized carbons (Fsp3) is 0.357. The van der Waals surface area contributed by atoms with Gasteiger partial charge in [0.25, 0.3) is 0 Å². The van der Waals surface area contributed by atoms with Crippen molar-refractivity contribution in [2.45, 2.75) is 25.9 Å². The van der Waals surface area contributed by atoms with E-state index in [0.717, 1.165) is 19.5 Å². The van der Waals surface area contributed by atoms with Gasteiger partial charge in [-0.3, -0.25) is 4.90 Å². The molecule has 2 aromatic rings. The molecule has 2 N–H and O–H groups in total. The molecule has 1 aromatic heterocycles. The Bertz CT molecular complexity index is 596. The normalized spacial score (nSPS) is 19.4. The average molecular weight is 338 g/mol. The molecule has 0 radical (unpaired) electrons. The lowest BCUT2D eigenvalue weighted by Crippen LogP contribution is -2.33. The fourth-order valence-corrected chi connectivity index (χ4v) is 3.98. The average Bonchev–Trinajstić information content (AvgIpc) is 2.79. The van der Waals surface area contributed by atoms with Gasteiger partial charge in [-0.15, -0.1) is 11.3 Å². The van der Waals surface area contributed by atoms with Gasteiger partial charge in [-0.25, -0.2) is 4.98 Å². The second-order valence-electron chi connectivity index (χ2n) is 4.87. The molecular formula is C14H16BrN3S. The molecule has 1 unspecified atom stereocenters. The van der Waals surface area contributed by atoms with Gasteiger partial charge in [0.2, 0.25) is 0 Å². The molecule has 1 atom stereocenters. The van der Waals surface area contributed by atoms with Crippen LogP contribution in [0, 0.1) is 0 Å². The van der Waals surface area contributed by atoms with Crippen LogP contribution >= 0.6 is 27.3 Å². The molecule has 0 fully saturated rings. The van der Waals surface area contributed by atoms with E-state index in [2.05, 4.69) is 50.9 Å². The van der Waals surface area contributed by atoms with Gasteiger partial charge in [0.15, 0.2) is 5.13 Å². The van der Waals surface area contributed by atoms with Gasteiger partial charge in [-0.1, -0.05) is 28.1 Å². The van der Waals surface area contributed by atoms with E-state index < -0.39 is 0 Å². The highest BCUT2D eigenvalue weighted by atomic mass is 79.9. The highest BCUT2D eigenvalue weighted by molar-refractivity contribution is 9.10. The lowest BCUT2D eigenvalue weighted by molar-refractivity contribution is 0.191. The highest BCUT2D eigenvalue weighted by Gasteiger charge is 2.25. The van der Waals surface area contributed by atoms with Crippen molar-refractivity contribution < 1.29 is 0 Å². The largest absolute Gasteiger partial charge is 0.375 e. The van der Waals surface area contributed by atoms with Crippen LogP contribution in [-0.4, -0.2) is 16.4 Å². The van der Waals surface area contributed by atoms with Crippen LogP contribution in [0.25, 0.3) is 0 Å². The number of rotatable bonds is 2. The van der Waals surface area contributed by atoms with Gasteiger partial charge in [-0.05, 0) is 30.5 Å². The monoisotopic (exact) mass is 337 g/mol. The lowest BCUT2D eigenvalue weighted by Gasteiger charge is -2.35. The van der Waals surface area contributed by atoms with Gasteiger partial charge >= 0.3 is 0 Å². The summed E-state index contributed by atoms with van der Waals surface area (Å²) in [5.74, 6) is 0. The molecule has 5 heteroatoms. The smallest absolute Gasteiger partial charge is 0.180 e. The summed E-state index contributed by atoms with van der Waals surface area (Å²) in [6.07, 6.45) is 2.98. The van der Waals surface area contributed by atoms with Crippen LogP contribution in [-0.2, 0) is 13.0 Å². The first kappa shape index (κ1) is 13.1. The molecule has 19 heavy (non-hydrogen) atoms. The number of hydrogen-bond acceptors (Lipinski definition) is 4. The maximum atomic E-state index is 5.70.